The van der Waals surface area contributed by atoms with Crippen LogP contribution in [0.2, 0.25) is 5.02 Å². The molecule has 20 heavy (non-hydrogen) atoms. The van der Waals surface area contributed by atoms with E-state index >= 15 is 0 Å². The molecule has 0 saturated heterocycles. The smallest absolute Gasteiger partial charge is 0.132 e. The topological polar surface area (TPSA) is 21.3 Å². The summed E-state index contributed by atoms with van der Waals surface area (Å²) < 4.78 is 20.3. The molecule has 0 fully saturated rings. The second kappa shape index (κ2) is 6.63. The van der Waals surface area contributed by atoms with Crippen LogP contribution in [0.4, 0.5) is 10.1 Å². The quantitative estimate of drug-likeness (QED) is 0.700. The first-order valence-corrected chi connectivity index (χ1v) is 7.52. The lowest BCUT2D eigenvalue weighted by Crippen LogP contribution is -2.10. The minimum atomic E-state index is -0.300. The molecule has 1 N–H and O–H groups in total. The molecule has 1 unspecified atom stereocenters. The zero-order chi connectivity index (χ0) is 14.7. The number of benzene rings is 2. The third kappa shape index (κ3) is 3.35. The van der Waals surface area contributed by atoms with Crippen molar-refractivity contribution in [3.63, 3.8) is 0 Å². The molecule has 0 spiro atoms. The van der Waals surface area contributed by atoms with E-state index in [1.807, 2.05) is 25.1 Å². The first-order valence-electron chi connectivity index (χ1n) is 6.07. The molecule has 0 bridgehead atoms. The van der Waals surface area contributed by atoms with Crippen LogP contribution in [-0.2, 0) is 0 Å². The zero-order valence-electron chi connectivity index (χ0n) is 11.1. The molecule has 0 aliphatic carbocycles. The van der Waals surface area contributed by atoms with Crippen molar-refractivity contribution in [1.29, 1.82) is 0 Å². The summed E-state index contributed by atoms with van der Waals surface area (Å²) in [6.45, 7) is 1.87. The number of hydrogen-bond donors (Lipinski definition) is 1. The van der Waals surface area contributed by atoms with Crippen LogP contribution >= 0.6 is 34.2 Å². The summed E-state index contributed by atoms with van der Waals surface area (Å²) in [6.07, 6.45) is 0. The molecule has 0 aliphatic heterocycles. The Hall–Kier alpha value is -1.01. The Kier molecular flexibility index (Phi) is 5.10. The number of nitrogens with one attached hydrogen (secondary N) is 1. The van der Waals surface area contributed by atoms with E-state index in [1.165, 1.54) is 13.2 Å². The maximum Gasteiger partial charge on any atom is 0.132 e. The SMILES string of the molecule is COc1cccc(F)c1C(C)Nc1ccc(I)cc1Cl. The average molecular weight is 406 g/mol. The van der Waals surface area contributed by atoms with Crippen LogP contribution < -0.4 is 10.1 Å². The molecule has 1 atom stereocenters. The van der Waals surface area contributed by atoms with Crippen LogP contribution in [0.25, 0.3) is 0 Å². The van der Waals surface area contributed by atoms with Gasteiger partial charge in [0.25, 0.3) is 0 Å². The van der Waals surface area contributed by atoms with Gasteiger partial charge in [0, 0.05) is 3.57 Å². The Morgan fingerprint density at radius 3 is 2.70 bits per heavy atom. The molecule has 0 heterocycles. The molecule has 0 aromatic heterocycles. The van der Waals surface area contributed by atoms with E-state index in [-0.39, 0.29) is 11.9 Å². The van der Waals surface area contributed by atoms with Gasteiger partial charge in [0.15, 0.2) is 0 Å². The standard InChI is InChI=1S/C15H14ClFINO/c1-9(15-12(17)4-3-5-14(15)20-2)19-13-7-6-10(18)8-11(13)16/h3-9,19H,1-2H3. The van der Waals surface area contributed by atoms with Gasteiger partial charge in [-0.05, 0) is 59.8 Å². The van der Waals surface area contributed by atoms with Gasteiger partial charge in [0.05, 0.1) is 29.4 Å². The Labute approximate surface area is 136 Å². The van der Waals surface area contributed by atoms with Gasteiger partial charge in [-0.1, -0.05) is 17.7 Å². The Bertz CT molecular complexity index is 621. The van der Waals surface area contributed by atoms with E-state index in [4.69, 9.17) is 16.3 Å². The summed E-state index contributed by atoms with van der Waals surface area (Å²) in [5, 5.41) is 3.82. The van der Waals surface area contributed by atoms with E-state index in [0.717, 1.165) is 9.26 Å². The number of rotatable bonds is 4. The molecule has 0 saturated carbocycles. The van der Waals surface area contributed by atoms with E-state index < -0.39 is 0 Å². The molecule has 0 radical (unpaired) electrons. The fourth-order valence-corrected chi connectivity index (χ4v) is 2.94. The van der Waals surface area contributed by atoms with E-state index in [9.17, 15) is 4.39 Å². The van der Waals surface area contributed by atoms with E-state index in [0.29, 0.717) is 16.3 Å². The van der Waals surface area contributed by atoms with E-state index in [1.54, 1.807) is 12.1 Å². The van der Waals surface area contributed by atoms with Crippen LogP contribution in [0.3, 0.4) is 0 Å². The molecule has 0 amide bonds. The predicted octanol–water partition coefficient (Wildman–Crippen LogP) is 5.27. The first-order chi connectivity index (χ1) is 9.52. The van der Waals surface area contributed by atoms with Gasteiger partial charge >= 0.3 is 0 Å². The monoisotopic (exact) mass is 405 g/mol. The average Bonchev–Trinajstić information content (AvgIpc) is 2.41. The second-order valence-electron chi connectivity index (χ2n) is 4.35. The third-order valence-electron chi connectivity index (χ3n) is 2.97. The lowest BCUT2D eigenvalue weighted by atomic mass is 10.1. The Morgan fingerprint density at radius 1 is 1.30 bits per heavy atom. The molecule has 2 aromatic carbocycles. The van der Waals surface area contributed by atoms with Crippen LogP contribution in [0.5, 0.6) is 5.75 Å². The van der Waals surface area contributed by atoms with Crippen molar-refractivity contribution in [1.82, 2.24) is 0 Å². The summed E-state index contributed by atoms with van der Waals surface area (Å²) in [4.78, 5) is 0. The molecule has 106 valence electrons. The van der Waals surface area contributed by atoms with Crippen molar-refractivity contribution < 1.29 is 9.13 Å². The number of ether oxygens (including phenoxy) is 1. The van der Waals surface area contributed by atoms with Crippen molar-refractivity contribution in [2.45, 2.75) is 13.0 Å². The normalized spacial score (nSPS) is 12.1. The molecule has 2 aromatic rings. The fourth-order valence-electron chi connectivity index (χ4n) is 2.03. The van der Waals surface area contributed by atoms with Crippen LogP contribution in [0.1, 0.15) is 18.5 Å². The number of hydrogen-bond acceptors (Lipinski definition) is 2. The number of anilines is 1. The third-order valence-corrected chi connectivity index (χ3v) is 3.95. The second-order valence-corrected chi connectivity index (χ2v) is 6.00. The van der Waals surface area contributed by atoms with Crippen LogP contribution in [0, 0.1) is 9.39 Å². The minimum absolute atomic E-state index is 0.260. The summed E-state index contributed by atoms with van der Waals surface area (Å²) in [5.74, 6) is 0.220. The lowest BCUT2D eigenvalue weighted by Gasteiger charge is -2.19. The Morgan fingerprint density at radius 2 is 2.05 bits per heavy atom. The molecular weight excluding hydrogens is 392 g/mol. The van der Waals surface area contributed by atoms with Gasteiger partial charge in [-0.3, -0.25) is 0 Å². The summed E-state index contributed by atoms with van der Waals surface area (Å²) >= 11 is 8.37. The zero-order valence-corrected chi connectivity index (χ0v) is 14.0. The van der Waals surface area contributed by atoms with Gasteiger partial charge in [-0.25, -0.2) is 4.39 Å². The lowest BCUT2D eigenvalue weighted by molar-refractivity contribution is 0.402. The maximum absolute atomic E-state index is 14.0. The first kappa shape index (κ1) is 15.4. The molecular formula is C15H14ClFINO. The molecule has 5 heteroatoms. The molecule has 2 nitrogen and oxygen atoms in total. The van der Waals surface area contributed by atoms with Crippen molar-refractivity contribution in [2.75, 3.05) is 12.4 Å². The van der Waals surface area contributed by atoms with Gasteiger partial charge in [-0.2, -0.15) is 0 Å². The number of halogens is 3. The van der Waals surface area contributed by atoms with Crippen LogP contribution in [-0.4, -0.2) is 7.11 Å². The van der Waals surface area contributed by atoms with Gasteiger partial charge in [-0.15, -0.1) is 0 Å². The molecule has 0 aliphatic rings. The van der Waals surface area contributed by atoms with Crippen molar-refractivity contribution in [3.8, 4) is 5.75 Å². The van der Waals surface area contributed by atoms with Gasteiger partial charge in [0.1, 0.15) is 11.6 Å². The summed E-state index contributed by atoms with van der Waals surface area (Å²) in [7, 11) is 1.53. The summed E-state index contributed by atoms with van der Waals surface area (Å²) in [6, 6.07) is 10.2. The van der Waals surface area contributed by atoms with Gasteiger partial charge in [0.2, 0.25) is 0 Å². The highest BCUT2D eigenvalue weighted by molar-refractivity contribution is 14.1. The highest BCUT2D eigenvalue weighted by Crippen LogP contribution is 2.32. The van der Waals surface area contributed by atoms with Crippen LogP contribution in [0.15, 0.2) is 36.4 Å². The minimum Gasteiger partial charge on any atom is -0.496 e. The highest BCUT2D eigenvalue weighted by Gasteiger charge is 2.17. The number of methoxy groups -OCH3 is 1. The van der Waals surface area contributed by atoms with Crippen molar-refractivity contribution in [2.24, 2.45) is 0 Å². The maximum atomic E-state index is 14.0. The summed E-state index contributed by atoms with van der Waals surface area (Å²) in [5.41, 5.74) is 1.26. The predicted molar refractivity (Wildman–Crippen MR) is 89.2 cm³/mol. The van der Waals surface area contributed by atoms with Gasteiger partial charge < -0.3 is 10.1 Å². The Balaban J connectivity index is 2.30. The molecule has 2 rings (SSSR count). The van der Waals surface area contributed by atoms with E-state index in [2.05, 4.69) is 27.9 Å². The largest absolute Gasteiger partial charge is 0.496 e. The highest BCUT2D eigenvalue weighted by atomic mass is 127. The fraction of sp³-hybridized carbons (Fsp3) is 0.200. The van der Waals surface area contributed by atoms with Crippen molar-refractivity contribution >= 4 is 39.9 Å². The van der Waals surface area contributed by atoms with Crippen molar-refractivity contribution in [3.05, 3.63) is 56.4 Å².